The van der Waals surface area contributed by atoms with Gasteiger partial charge in [0, 0.05) is 21.9 Å². The molecule has 0 saturated carbocycles. The number of halogens is 4. The minimum atomic E-state index is -4.78. The highest BCUT2D eigenvalue weighted by Gasteiger charge is 2.27. The summed E-state index contributed by atoms with van der Waals surface area (Å²) in [6, 6.07) is 7.12. The first-order valence-electron chi connectivity index (χ1n) is 7.19. The van der Waals surface area contributed by atoms with E-state index in [-0.39, 0.29) is 5.69 Å². The highest BCUT2D eigenvalue weighted by atomic mass is 35.5. The fourth-order valence-electron chi connectivity index (χ4n) is 2.23. The van der Waals surface area contributed by atoms with Gasteiger partial charge in [-0.3, -0.25) is 4.79 Å². The molecule has 27 heavy (non-hydrogen) atoms. The van der Waals surface area contributed by atoms with Gasteiger partial charge in [0.2, 0.25) is 0 Å². The van der Waals surface area contributed by atoms with Crippen molar-refractivity contribution >= 4 is 39.1 Å². The molecule has 0 fully saturated rings. The summed E-state index contributed by atoms with van der Waals surface area (Å²) in [5.41, 5.74) is 0.175. The molecule has 2 aromatic carbocycles. The third-order valence-electron chi connectivity index (χ3n) is 3.38. The molecular weight excluding hydrogens is 423 g/mol. The van der Waals surface area contributed by atoms with Gasteiger partial charge in [0.1, 0.15) is 23.7 Å². The SMILES string of the molecule is O=C(NS(=O)(=O)c1c(F)cccc1F)c1cn(-c2cc(Cl)cc(Cl)c2)cn1. The van der Waals surface area contributed by atoms with E-state index in [2.05, 4.69) is 4.98 Å². The summed E-state index contributed by atoms with van der Waals surface area (Å²) in [5, 5.41) is 0.685. The zero-order chi connectivity index (χ0) is 19.8. The molecule has 3 rings (SSSR count). The Hall–Kier alpha value is -2.49. The summed E-state index contributed by atoms with van der Waals surface area (Å²) >= 11 is 11.8. The van der Waals surface area contributed by atoms with Crippen molar-refractivity contribution in [3.8, 4) is 5.69 Å². The summed E-state index contributed by atoms with van der Waals surface area (Å²) in [6.45, 7) is 0. The van der Waals surface area contributed by atoms with E-state index >= 15 is 0 Å². The molecule has 6 nitrogen and oxygen atoms in total. The second-order valence-electron chi connectivity index (χ2n) is 5.28. The van der Waals surface area contributed by atoms with Crippen LogP contribution < -0.4 is 4.72 Å². The second-order valence-corrected chi connectivity index (χ2v) is 7.77. The van der Waals surface area contributed by atoms with Crippen molar-refractivity contribution in [3.63, 3.8) is 0 Å². The molecule has 1 N–H and O–H groups in total. The van der Waals surface area contributed by atoms with Crippen molar-refractivity contribution in [2.24, 2.45) is 0 Å². The van der Waals surface area contributed by atoms with Gasteiger partial charge >= 0.3 is 0 Å². The average molecular weight is 432 g/mol. The zero-order valence-electron chi connectivity index (χ0n) is 13.2. The molecule has 3 aromatic rings. The summed E-state index contributed by atoms with van der Waals surface area (Å²) in [5.74, 6) is -3.81. The van der Waals surface area contributed by atoms with Gasteiger partial charge < -0.3 is 4.57 Å². The largest absolute Gasteiger partial charge is 0.305 e. The van der Waals surface area contributed by atoms with Crippen LogP contribution in [0.15, 0.2) is 53.8 Å². The van der Waals surface area contributed by atoms with Gasteiger partial charge in [-0.2, -0.15) is 0 Å². The van der Waals surface area contributed by atoms with Crippen LogP contribution in [0, 0.1) is 11.6 Å². The predicted molar refractivity (Wildman–Crippen MR) is 94.6 cm³/mol. The molecule has 1 aromatic heterocycles. The van der Waals surface area contributed by atoms with Gasteiger partial charge in [-0.15, -0.1) is 0 Å². The summed E-state index contributed by atoms with van der Waals surface area (Å²) < 4.78 is 54.6. The minimum Gasteiger partial charge on any atom is -0.305 e. The number of sulfonamides is 1. The number of carbonyl (C=O) groups is 1. The van der Waals surface area contributed by atoms with Crippen LogP contribution in [0.5, 0.6) is 0 Å². The first kappa shape index (κ1) is 19.3. The number of hydrogen-bond donors (Lipinski definition) is 1. The predicted octanol–water partition coefficient (Wildman–Crippen LogP) is 3.58. The molecule has 0 aliphatic heterocycles. The Morgan fingerprint density at radius 3 is 2.26 bits per heavy atom. The van der Waals surface area contributed by atoms with Gasteiger partial charge in [0.25, 0.3) is 15.9 Å². The van der Waals surface area contributed by atoms with Gasteiger partial charge in [-0.1, -0.05) is 29.3 Å². The fourth-order valence-corrected chi connectivity index (χ4v) is 3.85. The van der Waals surface area contributed by atoms with Crippen molar-refractivity contribution in [2.75, 3.05) is 0 Å². The highest BCUT2D eigenvalue weighted by Crippen LogP contribution is 2.22. The van der Waals surface area contributed by atoms with Crippen molar-refractivity contribution in [1.82, 2.24) is 14.3 Å². The van der Waals surface area contributed by atoms with E-state index in [9.17, 15) is 22.0 Å². The molecular formula is C16H9Cl2F2N3O3S. The Bertz CT molecular complexity index is 1110. The summed E-state index contributed by atoms with van der Waals surface area (Å²) in [7, 11) is -4.78. The Labute approximate surface area is 162 Å². The van der Waals surface area contributed by atoms with Crippen molar-refractivity contribution in [2.45, 2.75) is 4.90 Å². The topological polar surface area (TPSA) is 81.1 Å². The number of aromatic nitrogens is 2. The maximum atomic E-state index is 13.7. The third kappa shape index (κ3) is 4.10. The molecule has 1 heterocycles. The highest BCUT2D eigenvalue weighted by molar-refractivity contribution is 7.90. The Morgan fingerprint density at radius 2 is 1.67 bits per heavy atom. The lowest BCUT2D eigenvalue weighted by Crippen LogP contribution is -2.32. The average Bonchev–Trinajstić information content (AvgIpc) is 3.03. The second kappa shape index (κ2) is 7.26. The lowest BCUT2D eigenvalue weighted by atomic mass is 10.3. The molecule has 1 amide bonds. The van der Waals surface area contributed by atoms with Gasteiger partial charge in [-0.05, 0) is 30.3 Å². The molecule has 140 valence electrons. The molecule has 0 radical (unpaired) electrons. The first-order valence-corrected chi connectivity index (χ1v) is 9.43. The van der Waals surface area contributed by atoms with Crippen LogP contribution in [0.4, 0.5) is 8.78 Å². The molecule has 0 aliphatic rings. The van der Waals surface area contributed by atoms with Crippen LogP contribution in [0.3, 0.4) is 0 Å². The standard InChI is InChI=1S/C16H9Cl2F2N3O3S/c17-9-4-10(18)6-11(5-9)23-7-14(21-8-23)16(24)22-27(25,26)15-12(19)2-1-3-13(15)20/h1-8H,(H,22,24). The first-order chi connectivity index (χ1) is 12.7. The quantitative estimate of drug-likeness (QED) is 0.684. The van der Waals surface area contributed by atoms with E-state index in [1.807, 2.05) is 0 Å². The molecule has 0 aliphatic carbocycles. The molecule has 0 atom stereocenters. The number of nitrogens with zero attached hydrogens (tertiary/aromatic N) is 2. The molecule has 0 spiro atoms. The molecule has 0 unspecified atom stereocenters. The monoisotopic (exact) mass is 431 g/mol. The lowest BCUT2D eigenvalue weighted by Gasteiger charge is -2.07. The maximum absolute atomic E-state index is 13.7. The van der Waals surface area contributed by atoms with Gasteiger partial charge in [0.15, 0.2) is 4.90 Å². The minimum absolute atomic E-state index is 0.300. The van der Waals surface area contributed by atoms with E-state index in [1.54, 1.807) is 16.9 Å². The van der Waals surface area contributed by atoms with Crippen molar-refractivity contribution in [1.29, 1.82) is 0 Å². The van der Waals surface area contributed by atoms with Crippen molar-refractivity contribution in [3.05, 3.63) is 76.3 Å². The van der Waals surface area contributed by atoms with E-state index in [1.165, 1.54) is 23.2 Å². The number of carbonyl (C=O) groups excluding carboxylic acids is 1. The van der Waals surface area contributed by atoms with Crippen LogP contribution in [0.25, 0.3) is 5.69 Å². The number of hydrogen-bond acceptors (Lipinski definition) is 4. The van der Waals surface area contributed by atoms with Crippen LogP contribution in [0.2, 0.25) is 10.0 Å². The van der Waals surface area contributed by atoms with Gasteiger partial charge in [-0.25, -0.2) is 26.9 Å². The molecule has 11 heteroatoms. The van der Waals surface area contributed by atoms with Crippen LogP contribution in [-0.2, 0) is 10.0 Å². The van der Waals surface area contributed by atoms with Crippen LogP contribution >= 0.6 is 23.2 Å². The summed E-state index contributed by atoms with van der Waals surface area (Å²) in [4.78, 5) is 14.7. The molecule has 0 bridgehead atoms. The number of rotatable bonds is 4. The zero-order valence-corrected chi connectivity index (χ0v) is 15.5. The van der Waals surface area contributed by atoms with E-state index in [4.69, 9.17) is 23.2 Å². The number of nitrogens with one attached hydrogen (secondary N) is 1. The fraction of sp³-hybridized carbons (Fsp3) is 0. The lowest BCUT2D eigenvalue weighted by molar-refractivity contribution is 0.0977. The van der Waals surface area contributed by atoms with Crippen LogP contribution in [-0.4, -0.2) is 23.9 Å². The maximum Gasteiger partial charge on any atom is 0.285 e. The van der Waals surface area contributed by atoms with E-state index < -0.39 is 32.5 Å². The molecule has 0 saturated heterocycles. The number of amides is 1. The van der Waals surface area contributed by atoms with E-state index in [0.29, 0.717) is 15.7 Å². The van der Waals surface area contributed by atoms with Crippen LogP contribution in [0.1, 0.15) is 10.5 Å². The Balaban J connectivity index is 1.88. The number of benzene rings is 2. The smallest absolute Gasteiger partial charge is 0.285 e. The Morgan fingerprint density at radius 1 is 1.07 bits per heavy atom. The van der Waals surface area contributed by atoms with Crippen molar-refractivity contribution < 1.29 is 22.0 Å². The number of imidazole rings is 1. The third-order valence-corrected chi connectivity index (χ3v) is 5.19. The Kier molecular flexibility index (Phi) is 5.18. The normalized spacial score (nSPS) is 11.4. The van der Waals surface area contributed by atoms with Gasteiger partial charge in [0.05, 0.1) is 0 Å². The summed E-state index contributed by atoms with van der Waals surface area (Å²) in [6.07, 6.45) is 2.44. The van der Waals surface area contributed by atoms with E-state index in [0.717, 1.165) is 18.2 Å².